The summed E-state index contributed by atoms with van der Waals surface area (Å²) in [6.45, 7) is 3.65. The average molecular weight is 602 g/mol. The second-order valence-corrected chi connectivity index (χ2v) is 12.2. The van der Waals surface area contributed by atoms with Crippen LogP contribution in [0.1, 0.15) is 39.5 Å². The Morgan fingerprint density at radius 2 is 1.88 bits per heavy atom. The van der Waals surface area contributed by atoms with Gasteiger partial charge < -0.3 is 36.1 Å². The van der Waals surface area contributed by atoms with Crippen molar-refractivity contribution in [2.75, 3.05) is 38.3 Å². The molecular weight excluding hydrogens is 562 g/mol. The first kappa shape index (κ1) is 33.4. The number of methoxy groups -OCH3 is 1. The van der Waals surface area contributed by atoms with Crippen molar-refractivity contribution in [3.63, 3.8) is 0 Å². The van der Waals surface area contributed by atoms with Crippen molar-refractivity contribution in [1.82, 2.24) is 26.6 Å². The molecule has 0 radical (unpaired) electrons. The fourth-order valence-electron chi connectivity index (χ4n) is 3.77. The Labute approximate surface area is 241 Å². The minimum absolute atomic E-state index is 0.0378. The summed E-state index contributed by atoms with van der Waals surface area (Å²) in [5.41, 5.74) is 0. The fraction of sp³-hybridized carbons (Fsp3) is 0.680. The Morgan fingerprint density at radius 1 is 1.10 bits per heavy atom. The number of ether oxygens (including phenoxy) is 2. The van der Waals surface area contributed by atoms with Crippen LogP contribution in [0.25, 0.3) is 0 Å². The van der Waals surface area contributed by atoms with Crippen LogP contribution in [0.5, 0.6) is 0 Å². The lowest BCUT2D eigenvalue weighted by Crippen LogP contribution is -2.59. The Balaban J connectivity index is 2.38. The van der Waals surface area contributed by atoms with Crippen LogP contribution in [0.4, 0.5) is 0 Å². The summed E-state index contributed by atoms with van der Waals surface area (Å²) >= 11 is 0. The van der Waals surface area contributed by atoms with Gasteiger partial charge in [-0.15, -0.1) is 0 Å². The zero-order valence-corrected chi connectivity index (χ0v) is 24.6. The second kappa shape index (κ2) is 17.8. The van der Waals surface area contributed by atoms with Crippen molar-refractivity contribution in [1.29, 1.82) is 0 Å². The third-order valence-corrected chi connectivity index (χ3v) is 8.38. The van der Waals surface area contributed by atoms with E-state index in [0.29, 0.717) is 25.3 Å². The van der Waals surface area contributed by atoms with Crippen LogP contribution in [0.3, 0.4) is 0 Å². The molecule has 1 fully saturated rings. The topological polar surface area (TPSA) is 181 Å². The van der Waals surface area contributed by atoms with E-state index in [0.717, 1.165) is 0 Å². The smallest absolute Gasteiger partial charge is 0.326 e. The first-order valence-electron chi connectivity index (χ1n) is 13.1. The molecule has 1 saturated heterocycles. The molecular formula is C25H39N5O8S2. The molecule has 2 heterocycles. The number of hydrogen-bond acceptors (Lipinski definition) is 10. The Bertz CT molecular complexity index is 948. The van der Waals surface area contributed by atoms with Gasteiger partial charge in [-0.25, -0.2) is 0 Å². The molecule has 0 aromatic rings. The summed E-state index contributed by atoms with van der Waals surface area (Å²) < 4.78 is 10.4. The van der Waals surface area contributed by atoms with Crippen LogP contribution in [0.2, 0.25) is 0 Å². The number of esters is 1. The second-order valence-electron chi connectivity index (χ2n) is 9.57. The van der Waals surface area contributed by atoms with Crippen LogP contribution in [0, 0.1) is 5.92 Å². The van der Waals surface area contributed by atoms with Crippen LogP contribution >= 0.6 is 21.6 Å². The molecule has 0 aromatic carbocycles. The number of allylic oxidation sites excluding steroid dienone is 1. The molecule has 15 heteroatoms. The van der Waals surface area contributed by atoms with Gasteiger partial charge in [0.1, 0.15) is 30.8 Å². The lowest BCUT2D eigenvalue weighted by Gasteiger charge is -2.27. The zero-order chi connectivity index (χ0) is 29.5. The summed E-state index contributed by atoms with van der Waals surface area (Å²) in [4.78, 5) is 77.2. The minimum atomic E-state index is -1.14. The summed E-state index contributed by atoms with van der Waals surface area (Å²) in [5, 5.41) is 13.1. The molecule has 0 aliphatic carbocycles. The number of carbonyl (C=O) groups excluding carboxylic acids is 6. The number of carbonyl (C=O) groups is 6. The Kier molecular flexibility index (Phi) is 14.9. The van der Waals surface area contributed by atoms with Gasteiger partial charge in [0.25, 0.3) is 0 Å². The van der Waals surface area contributed by atoms with Gasteiger partial charge in [-0.3, -0.25) is 28.8 Å². The highest BCUT2D eigenvalue weighted by atomic mass is 33.1. The number of nitrogens with one attached hydrogen (secondary N) is 5. The van der Waals surface area contributed by atoms with E-state index < -0.39 is 60.4 Å². The van der Waals surface area contributed by atoms with Crippen LogP contribution in [-0.2, 0) is 38.2 Å². The maximum Gasteiger partial charge on any atom is 0.326 e. The van der Waals surface area contributed by atoms with E-state index in [1.807, 2.05) is 0 Å². The molecule has 2 aliphatic rings. The summed E-state index contributed by atoms with van der Waals surface area (Å²) in [6.07, 6.45) is 2.69. The third kappa shape index (κ3) is 12.2. The molecule has 0 spiro atoms. The number of amides is 5. The SMILES string of the molecule is COCCNC(=O)CC[C@H]1NC(=O)C[C@H]2/C=C/CCSSC[C@@H](NC1=O)C(=O)N[C@H](C(C)C)C(=O)NCC(=O)O2. The number of fused-ring (bicyclic) bond motifs is 7. The standard InChI is InChI=1S/C25H39N5O8S2/c1-15(2)22-25(36)27-13-21(33)38-16-6-4-5-11-39-40-14-18(24(35)30-22)29-23(34)17(28-20(32)12-16)7-8-19(31)26-9-10-37-3/h4,6,15-18,22H,5,7-14H2,1-3H3,(H,26,31)(H,27,36)(H,28,32)(H,29,34)(H,30,35)/b6-4+/t16-,17-,18-,22-/m1/s1. The normalized spacial score (nSPS) is 26.4. The molecule has 13 nitrogen and oxygen atoms in total. The van der Waals surface area contributed by atoms with Gasteiger partial charge >= 0.3 is 5.97 Å². The van der Waals surface area contributed by atoms with Crippen molar-refractivity contribution in [2.24, 2.45) is 5.92 Å². The zero-order valence-electron chi connectivity index (χ0n) is 23.0. The van der Waals surface area contributed by atoms with Crippen LogP contribution in [-0.4, -0.2) is 98.0 Å². The average Bonchev–Trinajstić information content (AvgIpc) is 2.90. The van der Waals surface area contributed by atoms with Crippen molar-refractivity contribution >= 4 is 57.1 Å². The summed E-state index contributed by atoms with van der Waals surface area (Å²) in [5.74, 6) is -2.95. The summed E-state index contributed by atoms with van der Waals surface area (Å²) in [7, 11) is 4.38. The van der Waals surface area contributed by atoms with E-state index >= 15 is 0 Å². The van der Waals surface area contributed by atoms with E-state index in [9.17, 15) is 28.8 Å². The van der Waals surface area contributed by atoms with E-state index in [-0.39, 0.29) is 36.8 Å². The minimum Gasteiger partial charge on any atom is -0.456 e. The van der Waals surface area contributed by atoms with Crippen molar-refractivity contribution < 1.29 is 38.2 Å². The molecule has 2 aliphatic heterocycles. The third-order valence-electron chi connectivity index (χ3n) is 5.93. The van der Waals surface area contributed by atoms with Crippen molar-refractivity contribution in [3.8, 4) is 0 Å². The van der Waals surface area contributed by atoms with Gasteiger partial charge in [0.2, 0.25) is 29.5 Å². The Hall–Kier alpha value is -2.78. The quantitative estimate of drug-likeness (QED) is 0.110. The van der Waals surface area contributed by atoms with E-state index in [1.54, 1.807) is 26.0 Å². The molecule has 5 amide bonds. The van der Waals surface area contributed by atoms with Crippen LogP contribution < -0.4 is 26.6 Å². The largest absolute Gasteiger partial charge is 0.456 e. The molecule has 0 saturated carbocycles. The fourth-order valence-corrected chi connectivity index (χ4v) is 5.93. The number of rotatable bonds is 7. The highest BCUT2D eigenvalue weighted by Crippen LogP contribution is 2.23. The van der Waals surface area contributed by atoms with E-state index in [2.05, 4.69) is 26.6 Å². The lowest BCUT2D eigenvalue weighted by atomic mass is 10.0. The highest BCUT2D eigenvalue weighted by Gasteiger charge is 2.32. The van der Waals surface area contributed by atoms with E-state index in [4.69, 9.17) is 9.47 Å². The van der Waals surface area contributed by atoms with Crippen molar-refractivity contribution in [3.05, 3.63) is 12.2 Å². The molecule has 2 rings (SSSR count). The first-order valence-corrected chi connectivity index (χ1v) is 15.6. The predicted octanol–water partition coefficient (Wildman–Crippen LogP) is -0.587. The first-order chi connectivity index (χ1) is 19.1. The number of hydrogen-bond donors (Lipinski definition) is 5. The molecule has 5 N–H and O–H groups in total. The maximum absolute atomic E-state index is 13.4. The van der Waals surface area contributed by atoms with Gasteiger partial charge in [0.15, 0.2) is 0 Å². The molecule has 4 atom stereocenters. The lowest BCUT2D eigenvalue weighted by molar-refractivity contribution is -0.148. The van der Waals surface area contributed by atoms with Gasteiger partial charge in [-0.2, -0.15) is 0 Å². The van der Waals surface area contributed by atoms with Crippen LogP contribution in [0.15, 0.2) is 12.2 Å². The van der Waals surface area contributed by atoms with Gasteiger partial charge in [-0.1, -0.05) is 41.5 Å². The van der Waals surface area contributed by atoms with Gasteiger partial charge in [0.05, 0.1) is 13.0 Å². The molecule has 0 aromatic heterocycles. The monoisotopic (exact) mass is 601 g/mol. The van der Waals surface area contributed by atoms with E-state index in [1.165, 1.54) is 28.7 Å². The Morgan fingerprint density at radius 3 is 2.60 bits per heavy atom. The van der Waals surface area contributed by atoms with Gasteiger partial charge in [0, 0.05) is 31.6 Å². The highest BCUT2D eigenvalue weighted by molar-refractivity contribution is 8.76. The molecule has 224 valence electrons. The molecule has 2 bridgehead atoms. The predicted molar refractivity (Wildman–Crippen MR) is 151 cm³/mol. The van der Waals surface area contributed by atoms with Gasteiger partial charge in [-0.05, 0) is 24.8 Å². The summed E-state index contributed by atoms with van der Waals surface area (Å²) in [6, 6.07) is -3.14. The molecule has 40 heavy (non-hydrogen) atoms. The maximum atomic E-state index is 13.4. The van der Waals surface area contributed by atoms with Crippen molar-refractivity contribution in [2.45, 2.75) is 63.8 Å². The molecule has 0 unspecified atom stereocenters.